The molecule has 6 nitrogen and oxygen atoms in total. The maximum absolute atomic E-state index is 12.6. The summed E-state index contributed by atoms with van der Waals surface area (Å²) in [5.74, 6) is -1.24. The number of likely N-dealkylation sites (tertiary alicyclic amines) is 1. The van der Waals surface area contributed by atoms with Crippen LogP contribution in [-0.4, -0.2) is 43.9 Å². The molecule has 1 N–H and O–H groups in total. The van der Waals surface area contributed by atoms with E-state index in [9.17, 15) is 14.7 Å². The highest BCUT2D eigenvalue weighted by molar-refractivity contribution is 5.95. The Kier molecular flexibility index (Phi) is 3.37. The van der Waals surface area contributed by atoms with E-state index in [1.54, 1.807) is 10.6 Å². The fourth-order valence-electron chi connectivity index (χ4n) is 2.78. The molecule has 1 atom stereocenters. The van der Waals surface area contributed by atoms with E-state index in [0.29, 0.717) is 24.3 Å². The van der Waals surface area contributed by atoms with Crippen molar-refractivity contribution in [2.75, 3.05) is 6.54 Å². The predicted octanol–water partition coefficient (Wildman–Crippen LogP) is 1.72. The van der Waals surface area contributed by atoms with Gasteiger partial charge >= 0.3 is 5.97 Å². The van der Waals surface area contributed by atoms with Crippen LogP contribution in [0.4, 0.5) is 0 Å². The normalized spacial score (nSPS) is 18.9. The average Bonchev–Trinajstić information content (AvgIpc) is 2.89. The number of nitrogens with zero attached hydrogens (tertiary/aromatic N) is 3. The number of aromatic nitrogens is 2. The Hall–Kier alpha value is -2.37. The first-order valence-electron chi connectivity index (χ1n) is 7.05. The number of imidazole rings is 1. The van der Waals surface area contributed by atoms with Crippen molar-refractivity contribution in [1.29, 1.82) is 0 Å². The summed E-state index contributed by atoms with van der Waals surface area (Å²) in [6, 6.07) is 3.03. The summed E-state index contributed by atoms with van der Waals surface area (Å²) in [5, 5.41) is 9.26. The Morgan fingerprint density at radius 2 is 2.10 bits per heavy atom. The van der Waals surface area contributed by atoms with Crippen molar-refractivity contribution in [3.05, 3.63) is 35.8 Å². The lowest BCUT2D eigenvalue weighted by atomic mass is 10.0. The van der Waals surface area contributed by atoms with E-state index < -0.39 is 12.0 Å². The molecule has 0 bridgehead atoms. The molecule has 3 heterocycles. The molecule has 3 rings (SSSR count). The number of carboxylic acids is 1. The van der Waals surface area contributed by atoms with Gasteiger partial charge in [-0.3, -0.25) is 4.79 Å². The first-order chi connectivity index (χ1) is 10.1. The van der Waals surface area contributed by atoms with Crippen LogP contribution in [0.2, 0.25) is 0 Å². The van der Waals surface area contributed by atoms with E-state index in [1.807, 2.05) is 25.3 Å². The van der Waals surface area contributed by atoms with Crippen LogP contribution in [0.5, 0.6) is 0 Å². The molecule has 0 aliphatic carbocycles. The number of fused-ring (bicyclic) bond motifs is 1. The molecule has 2 aromatic rings. The molecule has 2 aromatic heterocycles. The topological polar surface area (TPSA) is 74.9 Å². The number of carbonyl (C=O) groups excluding carboxylic acids is 1. The Bertz CT molecular complexity index is 707. The van der Waals surface area contributed by atoms with Crippen molar-refractivity contribution >= 4 is 17.5 Å². The molecule has 0 unspecified atom stereocenters. The van der Waals surface area contributed by atoms with Crippen molar-refractivity contribution in [2.24, 2.45) is 0 Å². The number of carbonyl (C=O) groups is 2. The predicted molar refractivity (Wildman–Crippen MR) is 76.2 cm³/mol. The summed E-state index contributed by atoms with van der Waals surface area (Å²) in [4.78, 5) is 29.6. The van der Waals surface area contributed by atoms with E-state index >= 15 is 0 Å². The first-order valence-corrected chi connectivity index (χ1v) is 7.05. The third-order valence-electron chi connectivity index (χ3n) is 3.87. The van der Waals surface area contributed by atoms with Crippen LogP contribution in [0.15, 0.2) is 24.5 Å². The van der Waals surface area contributed by atoms with Crippen LogP contribution in [0.25, 0.3) is 5.65 Å². The lowest BCUT2D eigenvalue weighted by molar-refractivity contribution is -0.143. The van der Waals surface area contributed by atoms with E-state index in [0.717, 1.165) is 18.4 Å². The van der Waals surface area contributed by atoms with Gasteiger partial charge < -0.3 is 14.4 Å². The molecule has 110 valence electrons. The van der Waals surface area contributed by atoms with Gasteiger partial charge in [0.2, 0.25) is 0 Å². The van der Waals surface area contributed by atoms with Gasteiger partial charge in [-0.05, 0) is 37.8 Å². The molecule has 1 aliphatic heterocycles. The number of piperidine rings is 1. The average molecular weight is 287 g/mol. The third kappa shape index (κ3) is 2.49. The number of amides is 1. The highest BCUT2D eigenvalue weighted by Crippen LogP contribution is 2.20. The minimum atomic E-state index is -0.942. The van der Waals surface area contributed by atoms with E-state index in [4.69, 9.17) is 0 Å². The summed E-state index contributed by atoms with van der Waals surface area (Å²) >= 11 is 0. The Morgan fingerprint density at radius 1 is 1.29 bits per heavy atom. The largest absolute Gasteiger partial charge is 0.480 e. The molecule has 1 fully saturated rings. The maximum Gasteiger partial charge on any atom is 0.326 e. The zero-order chi connectivity index (χ0) is 15.0. The van der Waals surface area contributed by atoms with Gasteiger partial charge in [0.25, 0.3) is 5.91 Å². The number of aliphatic carboxylic acids is 1. The molecule has 1 aliphatic rings. The molecule has 0 spiro atoms. The molecule has 0 aromatic carbocycles. The Labute approximate surface area is 122 Å². The zero-order valence-corrected chi connectivity index (χ0v) is 11.8. The number of hydrogen-bond donors (Lipinski definition) is 1. The number of pyridine rings is 1. The van der Waals surface area contributed by atoms with Crippen molar-refractivity contribution < 1.29 is 14.7 Å². The molecular weight excluding hydrogens is 270 g/mol. The Morgan fingerprint density at radius 3 is 2.86 bits per heavy atom. The van der Waals surface area contributed by atoms with E-state index in [2.05, 4.69) is 4.98 Å². The SMILES string of the molecule is Cc1ccc2nc(C(=O)N3CCCC[C@H]3C(=O)O)cn2c1. The van der Waals surface area contributed by atoms with Crippen LogP contribution in [-0.2, 0) is 4.79 Å². The summed E-state index contributed by atoms with van der Waals surface area (Å²) in [5.41, 5.74) is 2.06. The monoisotopic (exact) mass is 287 g/mol. The lowest BCUT2D eigenvalue weighted by Gasteiger charge is -2.32. The van der Waals surface area contributed by atoms with Gasteiger partial charge in [-0.25, -0.2) is 9.78 Å². The highest BCUT2D eigenvalue weighted by atomic mass is 16.4. The second kappa shape index (κ2) is 5.20. The summed E-state index contributed by atoms with van der Waals surface area (Å²) < 4.78 is 1.79. The van der Waals surface area contributed by atoms with Crippen molar-refractivity contribution in [3.8, 4) is 0 Å². The van der Waals surface area contributed by atoms with Gasteiger partial charge in [-0.1, -0.05) is 6.07 Å². The van der Waals surface area contributed by atoms with Crippen LogP contribution in [0.1, 0.15) is 35.3 Å². The smallest absolute Gasteiger partial charge is 0.326 e. The van der Waals surface area contributed by atoms with Crippen LogP contribution in [0.3, 0.4) is 0 Å². The zero-order valence-electron chi connectivity index (χ0n) is 11.8. The molecule has 1 amide bonds. The lowest BCUT2D eigenvalue weighted by Crippen LogP contribution is -2.48. The Balaban J connectivity index is 1.93. The van der Waals surface area contributed by atoms with Gasteiger partial charge in [0, 0.05) is 18.9 Å². The summed E-state index contributed by atoms with van der Waals surface area (Å²) in [6.45, 7) is 2.44. The number of rotatable bonds is 2. The van der Waals surface area contributed by atoms with Gasteiger partial charge in [0.15, 0.2) is 0 Å². The van der Waals surface area contributed by atoms with Gasteiger partial charge in [0.1, 0.15) is 17.4 Å². The maximum atomic E-state index is 12.6. The van der Waals surface area contributed by atoms with Crippen LogP contribution >= 0.6 is 0 Å². The quantitative estimate of drug-likeness (QED) is 0.912. The number of carboxylic acid groups (broad SMARTS) is 1. The minimum absolute atomic E-state index is 0.300. The fourth-order valence-corrected chi connectivity index (χ4v) is 2.78. The molecular formula is C15H17N3O3. The molecule has 0 radical (unpaired) electrons. The molecule has 0 saturated carbocycles. The van der Waals surface area contributed by atoms with Crippen LogP contribution in [0, 0.1) is 6.92 Å². The number of aryl methyl sites for hydroxylation is 1. The first kappa shape index (κ1) is 13.6. The second-order valence-corrected chi connectivity index (χ2v) is 5.45. The molecule has 1 saturated heterocycles. The van der Waals surface area contributed by atoms with Crippen LogP contribution < -0.4 is 0 Å². The standard InChI is InChI=1S/C15H17N3O3/c1-10-5-6-13-16-11(9-17(13)8-10)14(19)18-7-3-2-4-12(18)15(20)21/h5-6,8-9,12H,2-4,7H2,1H3,(H,20,21)/t12-/m0/s1. The van der Waals surface area contributed by atoms with Crippen molar-refractivity contribution in [1.82, 2.24) is 14.3 Å². The third-order valence-corrected chi connectivity index (χ3v) is 3.87. The number of hydrogen-bond acceptors (Lipinski definition) is 3. The summed E-state index contributed by atoms with van der Waals surface area (Å²) in [7, 11) is 0. The molecule has 21 heavy (non-hydrogen) atoms. The highest BCUT2D eigenvalue weighted by Gasteiger charge is 2.33. The fraction of sp³-hybridized carbons (Fsp3) is 0.400. The van der Waals surface area contributed by atoms with E-state index in [1.165, 1.54) is 4.90 Å². The molecule has 6 heteroatoms. The van der Waals surface area contributed by atoms with Gasteiger partial charge in [0.05, 0.1) is 0 Å². The van der Waals surface area contributed by atoms with Crippen molar-refractivity contribution in [3.63, 3.8) is 0 Å². The van der Waals surface area contributed by atoms with Gasteiger partial charge in [-0.15, -0.1) is 0 Å². The van der Waals surface area contributed by atoms with E-state index in [-0.39, 0.29) is 5.91 Å². The van der Waals surface area contributed by atoms with Gasteiger partial charge in [-0.2, -0.15) is 0 Å². The minimum Gasteiger partial charge on any atom is -0.480 e. The summed E-state index contributed by atoms with van der Waals surface area (Å²) in [6.07, 6.45) is 5.74. The van der Waals surface area contributed by atoms with Crippen molar-refractivity contribution in [2.45, 2.75) is 32.2 Å². The second-order valence-electron chi connectivity index (χ2n) is 5.45.